The van der Waals surface area contributed by atoms with Crippen molar-refractivity contribution in [1.29, 1.82) is 0 Å². The van der Waals surface area contributed by atoms with Crippen LogP contribution in [-0.4, -0.2) is 63.7 Å². The number of nitrogens with zero attached hydrogens (tertiary/aromatic N) is 3. The second-order valence-electron chi connectivity index (χ2n) is 9.98. The number of fused-ring (bicyclic) bond motifs is 1. The molecule has 1 aromatic carbocycles. The minimum atomic E-state index is -1.30. The molecule has 0 radical (unpaired) electrons. The molecule has 0 saturated carbocycles. The standard InChI is InChI=1S/C21H32N4O7SSi/c1-21(2,3)32-20(28)23-15(19(26)27)11-33-18-10-16-14(9-17(18)25(29)30)22-12-24(16)13-31-7-8-34(4,5)6/h9-10,12,15H,7-8,11,13H2,1-6H3,(H,23,28)(H,26,27)/t15-/m0/s1. The first-order chi connectivity index (χ1) is 15.7. The Morgan fingerprint density at radius 3 is 2.56 bits per heavy atom. The number of ether oxygens (including phenoxy) is 2. The highest BCUT2D eigenvalue weighted by atomic mass is 32.2. The number of thioether (sulfide) groups is 1. The van der Waals surface area contributed by atoms with Gasteiger partial charge in [0.2, 0.25) is 0 Å². The van der Waals surface area contributed by atoms with Crippen LogP contribution in [0.15, 0.2) is 23.4 Å². The zero-order valence-electron chi connectivity index (χ0n) is 20.3. The lowest BCUT2D eigenvalue weighted by Crippen LogP contribution is -2.44. The van der Waals surface area contributed by atoms with Gasteiger partial charge < -0.3 is 24.5 Å². The van der Waals surface area contributed by atoms with E-state index in [0.717, 1.165) is 17.8 Å². The van der Waals surface area contributed by atoms with Crippen molar-refractivity contribution in [2.24, 2.45) is 0 Å². The molecule has 0 bridgehead atoms. The minimum absolute atomic E-state index is 0.137. The monoisotopic (exact) mass is 512 g/mol. The number of carboxylic acid groups (broad SMARTS) is 1. The average molecular weight is 513 g/mol. The van der Waals surface area contributed by atoms with Crippen molar-refractivity contribution in [3.05, 3.63) is 28.6 Å². The Morgan fingerprint density at radius 2 is 2.00 bits per heavy atom. The maximum absolute atomic E-state index is 12.0. The third kappa shape index (κ3) is 8.61. The number of hydrogen-bond donors (Lipinski definition) is 2. The molecule has 1 heterocycles. The molecule has 0 aliphatic heterocycles. The summed E-state index contributed by atoms with van der Waals surface area (Å²) in [6, 6.07) is 2.66. The Morgan fingerprint density at radius 1 is 1.32 bits per heavy atom. The van der Waals surface area contributed by atoms with Crippen molar-refractivity contribution >= 4 is 48.6 Å². The molecule has 1 atom stereocenters. The molecular weight excluding hydrogens is 480 g/mol. The van der Waals surface area contributed by atoms with Gasteiger partial charge in [0.05, 0.1) is 27.2 Å². The zero-order chi connectivity index (χ0) is 25.7. The number of aliphatic carboxylic acids is 1. The fourth-order valence-electron chi connectivity index (χ4n) is 2.77. The van der Waals surface area contributed by atoms with E-state index in [9.17, 15) is 24.8 Å². The van der Waals surface area contributed by atoms with Gasteiger partial charge in [-0.3, -0.25) is 10.1 Å². The number of alkyl carbamates (subject to hydrolysis) is 1. The fourth-order valence-corrected chi connectivity index (χ4v) is 4.58. The van der Waals surface area contributed by atoms with E-state index in [-0.39, 0.29) is 23.1 Å². The predicted molar refractivity (Wildman–Crippen MR) is 132 cm³/mol. The number of imidazole rings is 1. The molecule has 2 N–H and O–H groups in total. The summed E-state index contributed by atoms with van der Waals surface area (Å²) in [5.74, 6) is -1.41. The summed E-state index contributed by atoms with van der Waals surface area (Å²) < 4.78 is 12.6. The third-order valence-electron chi connectivity index (χ3n) is 4.52. The molecule has 0 unspecified atom stereocenters. The summed E-state index contributed by atoms with van der Waals surface area (Å²) in [5, 5.41) is 23.4. The largest absolute Gasteiger partial charge is 0.480 e. The maximum atomic E-state index is 12.0. The fraction of sp³-hybridized carbons (Fsp3) is 0.571. The Balaban J connectivity index is 2.19. The summed E-state index contributed by atoms with van der Waals surface area (Å²) in [5.41, 5.74) is 0.0861. The van der Waals surface area contributed by atoms with Gasteiger partial charge in [-0.2, -0.15) is 0 Å². The number of nitrogens with one attached hydrogen (secondary N) is 1. The van der Waals surface area contributed by atoms with Crippen molar-refractivity contribution in [2.45, 2.75) is 69.7 Å². The van der Waals surface area contributed by atoms with E-state index in [4.69, 9.17) is 9.47 Å². The first-order valence-corrected chi connectivity index (χ1v) is 15.4. The number of carboxylic acids is 1. The Bertz CT molecular complexity index is 1050. The van der Waals surface area contributed by atoms with Gasteiger partial charge in [-0.05, 0) is 32.9 Å². The first-order valence-electron chi connectivity index (χ1n) is 10.7. The number of carbonyl (C=O) groups excluding carboxylic acids is 1. The number of aromatic nitrogens is 2. The van der Waals surface area contributed by atoms with Crippen molar-refractivity contribution in [1.82, 2.24) is 14.9 Å². The third-order valence-corrected chi connectivity index (χ3v) is 7.36. The highest BCUT2D eigenvalue weighted by molar-refractivity contribution is 7.99. The van der Waals surface area contributed by atoms with Crippen LogP contribution in [0.4, 0.5) is 10.5 Å². The van der Waals surface area contributed by atoms with Gasteiger partial charge in [0, 0.05) is 26.5 Å². The molecule has 0 aliphatic rings. The SMILES string of the molecule is CC(C)(C)OC(=O)N[C@@H](CSc1cc2c(cc1[N+](=O)[O-])ncn2COCC[Si](C)(C)C)C(=O)O. The van der Waals surface area contributed by atoms with Gasteiger partial charge in [-0.25, -0.2) is 14.6 Å². The maximum Gasteiger partial charge on any atom is 0.408 e. The molecule has 0 saturated heterocycles. The van der Waals surface area contributed by atoms with Crippen LogP contribution in [0, 0.1) is 10.1 Å². The van der Waals surface area contributed by atoms with Gasteiger partial charge >= 0.3 is 12.1 Å². The van der Waals surface area contributed by atoms with E-state index >= 15 is 0 Å². The molecule has 13 heteroatoms. The van der Waals surface area contributed by atoms with Crippen LogP contribution in [0.25, 0.3) is 11.0 Å². The topological polar surface area (TPSA) is 146 Å². The Labute approximate surface area is 203 Å². The lowest BCUT2D eigenvalue weighted by molar-refractivity contribution is -0.387. The van der Waals surface area contributed by atoms with Crippen LogP contribution < -0.4 is 5.32 Å². The van der Waals surface area contributed by atoms with Crippen LogP contribution in [0.1, 0.15) is 20.8 Å². The normalized spacial score (nSPS) is 13.0. The van der Waals surface area contributed by atoms with E-state index in [0.29, 0.717) is 17.6 Å². The van der Waals surface area contributed by atoms with Crippen molar-refractivity contribution in [3.8, 4) is 0 Å². The van der Waals surface area contributed by atoms with Crippen molar-refractivity contribution < 1.29 is 29.1 Å². The van der Waals surface area contributed by atoms with Crippen LogP contribution in [0.2, 0.25) is 25.7 Å². The van der Waals surface area contributed by atoms with E-state index in [1.54, 1.807) is 37.7 Å². The second-order valence-corrected chi connectivity index (χ2v) is 16.7. The first kappa shape index (κ1) is 27.6. The summed E-state index contributed by atoms with van der Waals surface area (Å²) in [6.45, 7) is 12.6. The number of hydrogen-bond acceptors (Lipinski definition) is 8. The van der Waals surface area contributed by atoms with Crippen molar-refractivity contribution in [2.75, 3.05) is 12.4 Å². The lowest BCUT2D eigenvalue weighted by Gasteiger charge is -2.21. The molecule has 2 rings (SSSR count). The van der Waals surface area contributed by atoms with Crippen molar-refractivity contribution in [3.63, 3.8) is 0 Å². The highest BCUT2D eigenvalue weighted by Crippen LogP contribution is 2.33. The molecule has 1 aromatic heterocycles. The average Bonchev–Trinajstić information content (AvgIpc) is 3.07. The number of rotatable bonds is 11. The highest BCUT2D eigenvalue weighted by Gasteiger charge is 2.26. The van der Waals surface area contributed by atoms with Gasteiger partial charge in [-0.1, -0.05) is 19.6 Å². The minimum Gasteiger partial charge on any atom is -0.480 e. The number of nitro benzene ring substituents is 1. The molecule has 1 amide bonds. The van der Waals surface area contributed by atoms with Crippen LogP contribution in [-0.2, 0) is 21.0 Å². The van der Waals surface area contributed by atoms with E-state index in [1.165, 1.54) is 6.07 Å². The molecule has 0 spiro atoms. The summed E-state index contributed by atoms with van der Waals surface area (Å²) in [7, 11) is -1.23. The summed E-state index contributed by atoms with van der Waals surface area (Å²) >= 11 is 0.961. The second kappa shape index (κ2) is 11.2. The smallest absolute Gasteiger partial charge is 0.408 e. The molecule has 0 aliphatic carbocycles. The van der Waals surface area contributed by atoms with Gasteiger partial charge in [0.25, 0.3) is 5.69 Å². The number of carbonyl (C=O) groups is 2. The number of nitro groups is 1. The molecule has 11 nitrogen and oxygen atoms in total. The van der Waals surface area contributed by atoms with E-state index in [2.05, 4.69) is 29.9 Å². The van der Waals surface area contributed by atoms with Crippen LogP contribution >= 0.6 is 11.8 Å². The van der Waals surface area contributed by atoms with E-state index < -0.39 is 36.7 Å². The van der Waals surface area contributed by atoms with Crippen LogP contribution in [0.3, 0.4) is 0 Å². The summed E-state index contributed by atoms with van der Waals surface area (Å²) in [4.78, 5) is 39.2. The molecule has 34 heavy (non-hydrogen) atoms. The number of amides is 1. The quantitative estimate of drug-likeness (QED) is 0.148. The van der Waals surface area contributed by atoms with Gasteiger partial charge in [0.1, 0.15) is 18.4 Å². The zero-order valence-corrected chi connectivity index (χ0v) is 22.1. The lowest BCUT2D eigenvalue weighted by atomic mass is 10.2. The molecule has 0 fully saturated rings. The molecular formula is C21H32N4O7SSi. The van der Waals surface area contributed by atoms with Crippen LogP contribution in [0.5, 0.6) is 0 Å². The molecule has 2 aromatic rings. The van der Waals surface area contributed by atoms with E-state index in [1.807, 2.05) is 0 Å². The molecule has 188 valence electrons. The Hall–Kier alpha value is -2.64. The van der Waals surface area contributed by atoms with Gasteiger partial charge in [0.15, 0.2) is 0 Å². The van der Waals surface area contributed by atoms with Gasteiger partial charge in [-0.15, -0.1) is 11.8 Å². The summed E-state index contributed by atoms with van der Waals surface area (Å²) in [6.07, 6.45) is 0.681. The predicted octanol–water partition coefficient (Wildman–Crippen LogP) is 4.33. The number of benzene rings is 1. The Kier molecular flexibility index (Phi) is 9.08.